The molecular formula is C16H26O. The Bertz CT molecular complexity index is 321. The van der Waals surface area contributed by atoms with Crippen molar-refractivity contribution in [2.24, 2.45) is 0 Å². The molecule has 0 aliphatic heterocycles. The molecule has 0 aliphatic rings. The van der Waals surface area contributed by atoms with Crippen molar-refractivity contribution in [1.29, 1.82) is 0 Å². The monoisotopic (exact) mass is 234 g/mol. The lowest BCUT2D eigenvalue weighted by molar-refractivity contribution is -0.0421. The molecule has 0 atom stereocenters. The van der Waals surface area contributed by atoms with E-state index in [1.807, 2.05) is 6.07 Å². The molecule has 1 aromatic carbocycles. The van der Waals surface area contributed by atoms with Gasteiger partial charge in [0.15, 0.2) is 0 Å². The molecular weight excluding hydrogens is 208 g/mol. The molecule has 0 heterocycles. The maximum atomic E-state index is 11.0. The topological polar surface area (TPSA) is 20.2 Å². The molecule has 0 spiro atoms. The van der Waals surface area contributed by atoms with Crippen LogP contribution < -0.4 is 0 Å². The van der Waals surface area contributed by atoms with Crippen molar-refractivity contribution in [2.75, 3.05) is 0 Å². The molecule has 0 bridgehead atoms. The Morgan fingerprint density at radius 1 is 0.941 bits per heavy atom. The minimum absolute atomic E-state index is 0.194. The molecule has 0 saturated carbocycles. The normalized spacial score (nSPS) is 12.8. The minimum Gasteiger partial charge on any atom is -0.389 e. The Balaban J connectivity index is 3.08. The van der Waals surface area contributed by atoms with Crippen LogP contribution in [0.1, 0.15) is 58.9 Å². The van der Waals surface area contributed by atoms with Crippen LogP contribution in [-0.4, -0.2) is 10.7 Å². The van der Waals surface area contributed by atoms with Gasteiger partial charge in [0, 0.05) is 5.41 Å². The zero-order chi connectivity index (χ0) is 12.9. The standard InChI is InChI=1S/C16H26O/c1-5-12-16(17,13-6-2)15(3,4)14-10-8-7-9-11-14/h7-11,17H,5-6,12-13H2,1-4H3. The fraction of sp³-hybridized carbons (Fsp3) is 0.625. The maximum absolute atomic E-state index is 11.0. The summed E-state index contributed by atoms with van der Waals surface area (Å²) in [6.07, 6.45) is 3.77. The lowest BCUT2D eigenvalue weighted by atomic mass is 9.66. The Morgan fingerprint density at radius 2 is 1.41 bits per heavy atom. The van der Waals surface area contributed by atoms with Crippen molar-refractivity contribution in [1.82, 2.24) is 0 Å². The van der Waals surface area contributed by atoms with E-state index in [4.69, 9.17) is 0 Å². The maximum Gasteiger partial charge on any atom is 0.0738 e. The molecule has 0 amide bonds. The molecule has 1 nitrogen and oxygen atoms in total. The largest absolute Gasteiger partial charge is 0.389 e. The van der Waals surface area contributed by atoms with Crippen molar-refractivity contribution < 1.29 is 5.11 Å². The Kier molecular flexibility index (Phi) is 4.76. The smallest absolute Gasteiger partial charge is 0.0738 e. The predicted octanol–water partition coefficient (Wildman–Crippen LogP) is 4.30. The molecule has 1 N–H and O–H groups in total. The molecule has 1 aromatic rings. The fourth-order valence-electron chi connectivity index (χ4n) is 2.70. The molecule has 0 unspecified atom stereocenters. The summed E-state index contributed by atoms with van der Waals surface area (Å²) in [5.74, 6) is 0. The van der Waals surface area contributed by atoms with Gasteiger partial charge >= 0.3 is 0 Å². The van der Waals surface area contributed by atoms with Crippen LogP contribution in [0.5, 0.6) is 0 Å². The van der Waals surface area contributed by atoms with Gasteiger partial charge in [0.25, 0.3) is 0 Å². The van der Waals surface area contributed by atoms with Crippen LogP contribution in [0.25, 0.3) is 0 Å². The Labute approximate surface area is 106 Å². The van der Waals surface area contributed by atoms with Gasteiger partial charge in [-0.05, 0) is 18.4 Å². The summed E-state index contributed by atoms with van der Waals surface area (Å²) in [6, 6.07) is 10.4. The molecule has 0 saturated heterocycles. The first-order valence-corrected chi connectivity index (χ1v) is 6.76. The van der Waals surface area contributed by atoms with Gasteiger partial charge in [0.1, 0.15) is 0 Å². The number of hydrogen-bond acceptors (Lipinski definition) is 1. The lowest BCUT2D eigenvalue weighted by Crippen LogP contribution is -2.47. The molecule has 0 aliphatic carbocycles. The first kappa shape index (κ1) is 14.2. The van der Waals surface area contributed by atoms with E-state index < -0.39 is 5.60 Å². The van der Waals surface area contributed by atoms with Gasteiger partial charge < -0.3 is 5.11 Å². The molecule has 1 rings (SSSR count). The third kappa shape index (κ3) is 2.90. The number of hydrogen-bond donors (Lipinski definition) is 1. The zero-order valence-electron chi connectivity index (χ0n) is 11.7. The van der Waals surface area contributed by atoms with E-state index in [2.05, 4.69) is 52.0 Å². The van der Waals surface area contributed by atoms with Crippen molar-refractivity contribution in [3.05, 3.63) is 35.9 Å². The summed E-state index contributed by atoms with van der Waals surface area (Å²) in [7, 11) is 0. The van der Waals surface area contributed by atoms with Crippen LogP contribution in [-0.2, 0) is 5.41 Å². The van der Waals surface area contributed by atoms with Gasteiger partial charge in [-0.25, -0.2) is 0 Å². The van der Waals surface area contributed by atoms with Crippen molar-refractivity contribution in [3.63, 3.8) is 0 Å². The van der Waals surface area contributed by atoms with Crippen LogP contribution in [0.2, 0.25) is 0 Å². The van der Waals surface area contributed by atoms with E-state index in [-0.39, 0.29) is 5.41 Å². The van der Waals surface area contributed by atoms with E-state index in [0.717, 1.165) is 25.7 Å². The molecule has 96 valence electrons. The summed E-state index contributed by atoms with van der Waals surface area (Å²) in [5, 5.41) is 11.0. The second kappa shape index (κ2) is 5.68. The van der Waals surface area contributed by atoms with Gasteiger partial charge in [-0.15, -0.1) is 0 Å². The van der Waals surface area contributed by atoms with Crippen LogP contribution in [0, 0.1) is 0 Å². The van der Waals surface area contributed by atoms with Gasteiger partial charge in [-0.2, -0.15) is 0 Å². The molecule has 0 radical (unpaired) electrons. The SMILES string of the molecule is CCCC(O)(CCC)C(C)(C)c1ccccc1. The summed E-state index contributed by atoms with van der Waals surface area (Å²) < 4.78 is 0. The highest BCUT2D eigenvalue weighted by molar-refractivity contribution is 5.27. The predicted molar refractivity (Wildman–Crippen MR) is 74.2 cm³/mol. The Morgan fingerprint density at radius 3 is 1.82 bits per heavy atom. The van der Waals surface area contributed by atoms with Crippen LogP contribution in [0.4, 0.5) is 0 Å². The van der Waals surface area contributed by atoms with Crippen molar-refractivity contribution >= 4 is 0 Å². The highest BCUT2D eigenvalue weighted by atomic mass is 16.3. The Hall–Kier alpha value is -0.820. The van der Waals surface area contributed by atoms with Crippen molar-refractivity contribution in [2.45, 2.75) is 64.4 Å². The van der Waals surface area contributed by atoms with E-state index >= 15 is 0 Å². The van der Waals surface area contributed by atoms with E-state index in [1.165, 1.54) is 5.56 Å². The van der Waals surface area contributed by atoms with Gasteiger partial charge in [-0.3, -0.25) is 0 Å². The summed E-state index contributed by atoms with van der Waals surface area (Å²) >= 11 is 0. The first-order valence-electron chi connectivity index (χ1n) is 6.76. The quantitative estimate of drug-likeness (QED) is 0.778. The molecule has 0 aromatic heterocycles. The highest BCUT2D eigenvalue weighted by Gasteiger charge is 2.42. The third-order valence-electron chi connectivity index (χ3n) is 3.99. The highest BCUT2D eigenvalue weighted by Crippen LogP contribution is 2.40. The van der Waals surface area contributed by atoms with Crippen molar-refractivity contribution in [3.8, 4) is 0 Å². The van der Waals surface area contributed by atoms with Gasteiger partial charge in [-0.1, -0.05) is 70.9 Å². The van der Waals surface area contributed by atoms with Crippen LogP contribution >= 0.6 is 0 Å². The fourth-order valence-corrected chi connectivity index (χ4v) is 2.70. The average Bonchev–Trinajstić information content (AvgIpc) is 2.30. The van der Waals surface area contributed by atoms with Crippen LogP contribution in [0.3, 0.4) is 0 Å². The second-order valence-corrected chi connectivity index (χ2v) is 5.52. The number of rotatable bonds is 6. The minimum atomic E-state index is -0.599. The summed E-state index contributed by atoms with van der Waals surface area (Å²) in [6.45, 7) is 8.60. The summed E-state index contributed by atoms with van der Waals surface area (Å²) in [5.41, 5.74) is 0.433. The van der Waals surface area contributed by atoms with E-state index in [0.29, 0.717) is 0 Å². The number of benzene rings is 1. The van der Waals surface area contributed by atoms with Gasteiger partial charge in [0.05, 0.1) is 5.60 Å². The lowest BCUT2D eigenvalue weighted by Gasteiger charge is -2.43. The molecule has 0 fully saturated rings. The molecule has 1 heteroatoms. The summed E-state index contributed by atoms with van der Waals surface area (Å²) in [4.78, 5) is 0. The zero-order valence-corrected chi connectivity index (χ0v) is 11.7. The van der Waals surface area contributed by atoms with Crippen LogP contribution in [0.15, 0.2) is 30.3 Å². The molecule has 17 heavy (non-hydrogen) atoms. The van der Waals surface area contributed by atoms with E-state index in [9.17, 15) is 5.11 Å². The number of aliphatic hydroxyl groups is 1. The van der Waals surface area contributed by atoms with Gasteiger partial charge in [0.2, 0.25) is 0 Å². The second-order valence-electron chi connectivity index (χ2n) is 5.52. The average molecular weight is 234 g/mol. The first-order chi connectivity index (χ1) is 7.98. The third-order valence-corrected chi connectivity index (χ3v) is 3.99. The van der Waals surface area contributed by atoms with E-state index in [1.54, 1.807) is 0 Å².